The summed E-state index contributed by atoms with van der Waals surface area (Å²) in [5.41, 5.74) is -1.00. The molecule has 0 unspecified atom stereocenters. The van der Waals surface area contributed by atoms with Crippen molar-refractivity contribution in [2.75, 3.05) is 0 Å². The number of hydrogen-bond donors (Lipinski definition) is 0. The molecular formula is C5H3Br2F3N2. The highest BCUT2D eigenvalue weighted by Crippen LogP contribution is 2.31. The summed E-state index contributed by atoms with van der Waals surface area (Å²) in [5, 5.41) is 6.04. The van der Waals surface area contributed by atoms with Gasteiger partial charge in [-0.15, -0.1) is 22.1 Å². The first-order chi connectivity index (χ1) is 5.02. The lowest BCUT2D eigenvalue weighted by atomic mass is 10.4. The minimum absolute atomic E-state index is 0. The zero-order chi connectivity index (χ0) is 8.48. The van der Waals surface area contributed by atoms with E-state index in [9.17, 15) is 13.2 Å². The first-order valence-electron chi connectivity index (χ1n) is 2.56. The van der Waals surface area contributed by atoms with Crippen LogP contribution in [-0.4, -0.2) is 10.2 Å². The van der Waals surface area contributed by atoms with E-state index >= 15 is 0 Å². The zero-order valence-corrected chi connectivity index (χ0v) is 8.77. The van der Waals surface area contributed by atoms with Crippen LogP contribution in [0.1, 0.15) is 5.69 Å². The summed E-state index contributed by atoms with van der Waals surface area (Å²) in [5.74, 6) is 0. The second-order valence-electron chi connectivity index (χ2n) is 1.73. The molecule has 1 rings (SSSR count). The molecule has 0 aliphatic heterocycles. The minimum Gasteiger partial charge on any atom is -0.164 e. The number of rotatable bonds is 0. The summed E-state index contributed by atoms with van der Waals surface area (Å²) < 4.78 is 35.7. The summed E-state index contributed by atoms with van der Waals surface area (Å²) in [6.45, 7) is 0. The minimum atomic E-state index is -4.44. The number of alkyl halides is 3. The van der Waals surface area contributed by atoms with Crippen molar-refractivity contribution in [1.29, 1.82) is 0 Å². The lowest BCUT2D eigenvalue weighted by Gasteiger charge is -2.04. The van der Waals surface area contributed by atoms with E-state index in [1.165, 1.54) is 12.3 Å². The van der Waals surface area contributed by atoms with E-state index in [0.717, 1.165) is 0 Å². The lowest BCUT2D eigenvalue weighted by molar-refractivity contribution is -0.142. The lowest BCUT2D eigenvalue weighted by Crippen LogP contribution is -2.09. The van der Waals surface area contributed by atoms with Crippen LogP contribution in [0.5, 0.6) is 0 Å². The molecule has 0 spiro atoms. The van der Waals surface area contributed by atoms with Gasteiger partial charge in [0, 0.05) is 0 Å². The van der Waals surface area contributed by atoms with Crippen LogP contribution in [-0.2, 0) is 6.18 Å². The van der Waals surface area contributed by atoms with Gasteiger partial charge in [0.1, 0.15) is 0 Å². The summed E-state index contributed by atoms with van der Waals surface area (Å²) in [7, 11) is 0. The summed E-state index contributed by atoms with van der Waals surface area (Å²) in [4.78, 5) is 0. The zero-order valence-electron chi connectivity index (χ0n) is 5.47. The first kappa shape index (κ1) is 11.8. The molecular weight excluding hydrogens is 305 g/mol. The van der Waals surface area contributed by atoms with Gasteiger partial charge in [-0.1, -0.05) is 0 Å². The molecule has 0 radical (unpaired) electrons. The van der Waals surface area contributed by atoms with Crippen molar-refractivity contribution < 1.29 is 13.2 Å². The first-order valence-corrected chi connectivity index (χ1v) is 3.35. The Morgan fingerprint density at radius 3 is 2.25 bits per heavy atom. The van der Waals surface area contributed by atoms with Gasteiger partial charge < -0.3 is 0 Å². The molecule has 0 saturated carbocycles. The van der Waals surface area contributed by atoms with E-state index in [2.05, 4.69) is 26.1 Å². The van der Waals surface area contributed by atoms with Crippen LogP contribution in [0.25, 0.3) is 0 Å². The predicted molar refractivity (Wildman–Crippen MR) is 45.1 cm³/mol. The Morgan fingerprint density at radius 1 is 1.33 bits per heavy atom. The Morgan fingerprint density at radius 2 is 1.92 bits per heavy atom. The third kappa shape index (κ3) is 2.71. The van der Waals surface area contributed by atoms with Crippen LogP contribution in [0.3, 0.4) is 0 Å². The van der Waals surface area contributed by atoms with Crippen LogP contribution in [0.15, 0.2) is 16.7 Å². The van der Waals surface area contributed by atoms with Crippen LogP contribution in [0.4, 0.5) is 13.2 Å². The Kier molecular flexibility index (Phi) is 4.12. The smallest absolute Gasteiger partial charge is 0.164 e. The summed E-state index contributed by atoms with van der Waals surface area (Å²) in [6, 6.07) is 1.19. The SMILES string of the molecule is Br.FC(F)(F)c1nnccc1Br. The fourth-order valence-corrected chi connectivity index (χ4v) is 0.931. The van der Waals surface area contributed by atoms with Gasteiger partial charge in [0.2, 0.25) is 0 Å². The Bertz CT molecular complexity index is 263. The van der Waals surface area contributed by atoms with Gasteiger partial charge in [0.15, 0.2) is 5.69 Å². The second-order valence-corrected chi connectivity index (χ2v) is 2.58. The van der Waals surface area contributed by atoms with Gasteiger partial charge in [0.25, 0.3) is 0 Å². The molecule has 0 fully saturated rings. The highest BCUT2D eigenvalue weighted by Gasteiger charge is 2.35. The van der Waals surface area contributed by atoms with Crippen molar-refractivity contribution in [3.63, 3.8) is 0 Å². The van der Waals surface area contributed by atoms with Crippen LogP contribution in [0.2, 0.25) is 0 Å². The molecule has 0 bridgehead atoms. The van der Waals surface area contributed by atoms with Crippen LogP contribution in [0, 0.1) is 0 Å². The topological polar surface area (TPSA) is 25.8 Å². The quantitative estimate of drug-likeness (QED) is 0.736. The molecule has 0 aliphatic rings. The van der Waals surface area contributed by atoms with Gasteiger partial charge in [-0.3, -0.25) is 0 Å². The van der Waals surface area contributed by atoms with Gasteiger partial charge in [-0.2, -0.15) is 18.3 Å². The molecule has 0 amide bonds. The molecule has 1 aromatic rings. The molecule has 1 heterocycles. The standard InChI is InChI=1S/C5H2BrF3N2.BrH/c6-3-1-2-10-11-4(3)5(7,8)9;/h1-2H;1H. The average molecular weight is 308 g/mol. The van der Waals surface area contributed by atoms with Gasteiger partial charge in [0.05, 0.1) is 10.7 Å². The number of halogens is 5. The molecule has 68 valence electrons. The van der Waals surface area contributed by atoms with Gasteiger partial charge in [-0.25, -0.2) is 0 Å². The average Bonchev–Trinajstić information content (AvgIpc) is 1.86. The predicted octanol–water partition coefficient (Wildman–Crippen LogP) is 2.84. The molecule has 2 nitrogen and oxygen atoms in total. The molecule has 0 aliphatic carbocycles. The Balaban J connectivity index is 0.00000121. The van der Waals surface area contributed by atoms with E-state index in [-0.39, 0.29) is 21.5 Å². The monoisotopic (exact) mass is 306 g/mol. The van der Waals surface area contributed by atoms with Crippen LogP contribution >= 0.6 is 32.9 Å². The van der Waals surface area contributed by atoms with E-state index in [4.69, 9.17) is 0 Å². The Hall–Kier alpha value is -0.170. The fourth-order valence-electron chi connectivity index (χ4n) is 0.509. The molecule has 12 heavy (non-hydrogen) atoms. The molecule has 7 heteroatoms. The van der Waals surface area contributed by atoms with E-state index in [1.54, 1.807) is 0 Å². The maximum Gasteiger partial charge on any atom is 0.436 e. The van der Waals surface area contributed by atoms with Crippen molar-refractivity contribution in [2.24, 2.45) is 0 Å². The van der Waals surface area contributed by atoms with Crippen molar-refractivity contribution in [3.8, 4) is 0 Å². The molecule has 0 aromatic carbocycles. The van der Waals surface area contributed by atoms with Crippen LogP contribution < -0.4 is 0 Å². The second kappa shape index (κ2) is 4.18. The largest absolute Gasteiger partial charge is 0.436 e. The van der Waals surface area contributed by atoms with Crippen molar-refractivity contribution in [3.05, 3.63) is 22.4 Å². The Labute approximate surface area is 85.1 Å². The number of aromatic nitrogens is 2. The summed E-state index contributed by atoms with van der Waals surface area (Å²) in [6.07, 6.45) is -3.26. The number of nitrogens with zero attached hydrogens (tertiary/aromatic N) is 2. The normalized spacial score (nSPS) is 10.7. The highest BCUT2D eigenvalue weighted by atomic mass is 79.9. The third-order valence-corrected chi connectivity index (χ3v) is 1.58. The number of hydrogen-bond acceptors (Lipinski definition) is 2. The van der Waals surface area contributed by atoms with E-state index in [1.807, 2.05) is 0 Å². The van der Waals surface area contributed by atoms with Crippen molar-refractivity contribution >= 4 is 32.9 Å². The van der Waals surface area contributed by atoms with Crippen molar-refractivity contribution in [2.45, 2.75) is 6.18 Å². The molecule has 0 atom stereocenters. The third-order valence-electron chi connectivity index (χ3n) is 0.940. The van der Waals surface area contributed by atoms with Gasteiger partial charge in [-0.05, 0) is 22.0 Å². The fraction of sp³-hybridized carbons (Fsp3) is 0.200. The molecule has 0 N–H and O–H groups in total. The maximum absolute atomic E-state index is 11.9. The summed E-state index contributed by atoms with van der Waals surface area (Å²) >= 11 is 2.71. The highest BCUT2D eigenvalue weighted by molar-refractivity contribution is 9.10. The van der Waals surface area contributed by atoms with E-state index < -0.39 is 11.9 Å². The van der Waals surface area contributed by atoms with Gasteiger partial charge >= 0.3 is 6.18 Å². The maximum atomic E-state index is 11.9. The molecule has 0 saturated heterocycles. The van der Waals surface area contributed by atoms with Crippen molar-refractivity contribution in [1.82, 2.24) is 10.2 Å². The molecule has 1 aromatic heterocycles. The van der Waals surface area contributed by atoms with E-state index in [0.29, 0.717) is 0 Å².